The maximum Gasteiger partial charge on any atom is 0.306 e. The second kappa shape index (κ2) is 34.1. The van der Waals surface area contributed by atoms with Gasteiger partial charge in [0.1, 0.15) is 6.61 Å². The van der Waals surface area contributed by atoms with Gasteiger partial charge in [-0.1, -0.05) is 158 Å². The number of aliphatic hydroxyl groups excluding tert-OH is 3. The van der Waals surface area contributed by atoms with E-state index >= 15 is 0 Å². The van der Waals surface area contributed by atoms with Gasteiger partial charge in [0.15, 0.2) is 6.10 Å². The standard InChI is InChI=1S/C41H68O7/c1-4-5-20-28-37(43)30-23-18-19-24-31-38(44)29-22-15-12-13-16-25-32-40(45)47-35-39(34-42)48-41(46)33-26-17-11-9-7-6-8-10-14-21-27-36(2)3/h5,13,15-16,18-20,22-24,30-31,36-39,42-44H,4,6-12,14,17,21,25-29,32-35H2,1-3H3/b16-13-,19-18-,20-5-,22-15-,30-23+,31-24+/t37-,38+,39+/m1/s1. The highest BCUT2D eigenvalue weighted by Crippen LogP contribution is 2.14. The van der Waals surface area contributed by atoms with E-state index in [9.17, 15) is 24.9 Å². The number of hydrogen-bond acceptors (Lipinski definition) is 7. The summed E-state index contributed by atoms with van der Waals surface area (Å²) in [5.41, 5.74) is 0. The quantitative estimate of drug-likeness (QED) is 0.0291. The molecule has 7 heteroatoms. The molecule has 0 aromatic heterocycles. The number of hydrogen-bond donors (Lipinski definition) is 3. The largest absolute Gasteiger partial charge is 0.462 e. The van der Waals surface area contributed by atoms with Crippen molar-refractivity contribution in [1.82, 2.24) is 0 Å². The third kappa shape index (κ3) is 33.2. The predicted octanol–water partition coefficient (Wildman–Crippen LogP) is 9.19. The van der Waals surface area contributed by atoms with Crippen molar-refractivity contribution in [3.63, 3.8) is 0 Å². The lowest BCUT2D eigenvalue weighted by atomic mass is 10.0. The van der Waals surface area contributed by atoms with Crippen LogP contribution in [0.1, 0.15) is 136 Å². The topological polar surface area (TPSA) is 113 Å². The van der Waals surface area contributed by atoms with E-state index in [0.717, 1.165) is 31.6 Å². The van der Waals surface area contributed by atoms with Crippen molar-refractivity contribution < 1.29 is 34.4 Å². The number of rotatable bonds is 31. The molecule has 0 spiro atoms. The van der Waals surface area contributed by atoms with Crippen LogP contribution in [0.5, 0.6) is 0 Å². The van der Waals surface area contributed by atoms with Gasteiger partial charge in [0, 0.05) is 12.8 Å². The molecule has 0 fully saturated rings. The molecule has 0 bridgehead atoms. The fourth-order valence-electron chi connectivity index (χ4n) is 4.76. The molecule has 0 aromatic carbocycles. The van der Waals surface area contributed by atoms with Gasteiger partial charge in [-0.05, 0) is 44.4 Å². The van der Waals surface area contributed by atoms with Crippen LogP contribution in [-0.2, 0) is 19.1 Å². The van der Waals surface area contributed by atoms with Gasteiger partial charge in [0.25, 0.3) is 0 Å². The van der Waals surface area contributed by atoms with Gasteiger partial charge in [0.2, 0.25) is 0 Å². The monoisotopic (exact) mass is 672 g/mol. The maximum absolute atomic E-state index is 12.1. The third-order valence-corrected chi connectivity index (χ3v) is 7.62. The van der Waals surface area contributed by atoms with Crippen LogP contribution in [0.25, 0.3) is 0 Å². The molecule has 0 heterocycles. The minimum absolute atomic E-state index is 0.145. The lowest BCUT2D eigenvalue weighted by Gasteiger charge is -2.15. The average Bonchev–Trinajstić information content (AvgIpc) is 3.06. The first kappa shape index (κ1) is 45.3. The molecule has 3 N–H and O–H groups in total. The fraction of sp³-hybridized carbons (Fsp3) is 0.659. The van der Waals surface area contributed by atoms with E-state index in [-0.39, 0.29) is 25.6 Å². The predicted molar refractivity (Wildman–Crippen MR) is 198 cm³/mol. The van der Waals surface area contributed by atoms with E-state index in [1.54, 1.807) is 24.3 Å². The summed E-state index contributed by atoms with van der Waals surface area (Å²) in [7, 11) is 0. The van der Waals surface area contributed by atoms with E-state index in [2.05, 4.69) is 20.8 Å². The van der Waals surface area contributed by atoms with E-state index in [1.807, 2.05) is 48.6 Å². The van der Waals surface area contributed by atoms with Gasteiger partial charge in [0.05, 0.1) is 18.8 Å². The van der Waals surface area contributed by atoms with Crippen molar-refractivity contribution in [3.8, 4) is 0 Å². The van der Waals surface area contributed by atoms with Gasteiger partial charge in [-0.25, -0.2) is 0 Å². The highest BCUT2D eigenvalue weighted by molar-refractivity contribution is 5.70. The molecule has 0 radical (unpaired) electrons. The van der Waals surface area contributed by atoms with Crippen molar-refractivity contribution >= 4 is 11.9 Å². The zero-order valence-corrected chi connectivity index (χ0v) is 30.4. The molecule has 0 saturated heterocycles. The van der Waals surface area contributed by atoms with Crippen LogP contribution in [0.2, 0.25) is 0 Å². The first-order valence-corrected chi connectivity index (χ1v) is 18.6. The zero-order valence-electron chi connectivity index (χ0n) is 30.4. The SMILES string of the molecule is CC/C=C\C[C@@H](O)/C=C/C=C\C=C\[C@@H](O)C/C=C\C/C=C\CCC(=O)OC[C@H](CO)OC(=O)CCCCCCCCCCCCC(C)C. The van der Waals surface area contributed by atoms with Crippen molar-refractivity contribution in [1.29, 1.82) is 0 Å². The van der Waals surface area contributed by atoms with Crippen LogP contribution in [0, 0.1) is 5.92 Å². The van der Waals surface area contributed by atoms with Crippen molar-refractivity contribution in [2.24, 2.45) is 5.92 Å². The molecule has 274 valence electrons. The van der Waals surface area contributed by atoms with Gasteiger partial charge in [-0.15, -0.1) is 0 Å². The number of esters is 2. The second-order valence-electron chi connectivity index (χ2n) is 12.8. The highest BCUT2D eigenvalue weighted by atomic mass is 16.6. The molecular weight excluding hydrogens is 604 g/mol. The van der Waals surface area contributed by atoms with Gasteiger partial charge < -0.3 is 24.8 Å². The van der Waals surface area contributed by atoms with E-state index in [1.165, 1.54) is 51.4 Å². The Labute approximate surface area is 292 Å². The second-order valence-corrected chi connectivity index (χ2v) is 12.8. The normalized spacial score (nSPS) is 14.5. The van der Waals surface area contributed by atoms with Crippen LogP contribution < -0.4 is 0 Å². The third-order valence-electron chi connectivity index (χ3n) is 7.62. The Morgan fingerprint density at radius 2 is 1.19 bits per heavy atom. The summed E-state index contributed by atoms with van der Waals surface area (Å²) in [6.07, 6.45) is 37.5. The molecule has 48 heavy (non-hydrogen) atoms. The summed E-state index contributed by atoms with van der Waals surface area (Å²) in [6.45, 7) is 6.09. The minimum atomic E-state index is -0.835. The molecule has 3 atom stereocenters. The van der Waals surface area contributed by atoms with Crippen molar-refractivity contribution in [2.75, 3.05) is 13.2 Å². The molecule has 0 aliphatic rings. The van der Waals surface area contributed by atoms with E-state index < -0.39 is 24.3 Å². The first-order valence-electron chi connectivity index (χ1n) is 18.6. The highest BCUT2D eigenvalue weighted by Gasteiger charge is 2.15. The van der Waals surface area contributed by atoms with Crippen LogP contribution in [0.4, 0.5) is 0 Å². The van der Waals surface area contributed by atoms with Crippen LogP contribution >= 0.6 is 0 Å². The van der Waals surface area contributed by atoms with E-state index in [0.29, 0.717) is 32.1 Å². The lowest BCUT2D eigenvalue weighted by Crippen LogP contribution is -2.28. The number of carbonyl (C=O) groups is 2. The minimum Gasteiger partial charge on any atom is -0.462 e. The Morgan fingerprint density at radius 3 is 1.75 bits per heavy atom. The summed E-state index contributed by atoms with van der Waals surface area (Å²) in [4.78, 5) is 24.2. The zero-order chi connectivity index (χ0) is 35.5. The molecular formula is C41H68O7. The molecule has 0 unspecified atom stereocenters. The Balaban J connectivity index is 3.87. The van der Waals surface area contributed by atoms with Crippen LogP contribution in [-0.4, -0.2) is 58.8 Å². The molecule has 7 nitrogen and oxygen atoms in total. The lowest BCUT2D eigenvalue weighted by molar-refractivity contribution is -0.161. The summed E-state index contributed by atoms with van der Waals surface area (Å²) in [5, 5.41) is 29.3. The molecule has 0 aromatic rings. The Morgan fingerprint density at radius 1 is 0.646 bits per heavy atom. The summed E-state index contributed by atoms with van der Waals surface area (Å²) >= 11 is 0. The Hall–Kier alpha value is -2.74. The Bertz CT molecular complexity index is 944. The van der Waals surface area contributed by atoms with Gasteiger partial charge >= 0.3 is 11.9 Å². The van der Waals surface area contributed by atoms with E-state index in [4.69, 9.17) is 9.47 Å². The summed E-state index contributed by atoms with van der Waals surface area (Å²) in [5.74, 6) is 0.0452. The average molecular weight is 673 g/mol. The summed E-state index contributed by atoms with van der Waals surface area (Å²) < 4.78 is 10.5. The molecule has 0 saturated carbocycles. The number of ether oxygens (including phenoxy) is 2. The van der Waals surface area contributed by atoms with Crippen LogP contribution in [0.3, 0.4) is 0 Å². The van der Waals surface area contributed by atoms with Gasteiger partial charge in [-0.2, -0.15) is 0 Å². The number of allylic oxidation sites excluding steroid dienone is 8. The van der Waals surface area contributed by atoms with Gasteiger partial charge in [-0.3, -0.25) is 9.59 Å². The number of carbonyl (C=O) groups excluding carboxylic acids is 2. The Kier molecular flexibility index (Phi) is 32.2. The number of unbranched alkanes of at least 4 members (excludes halogenated alkanes) is 9. The smallest absolute Gasteiger partial charge is 0.306 e. The van der Waals surface area contributed by atoms with Crippen molar-refractivity contribution in [2.45, 2.75) is 155 Å². The molecule has 0 aliphatic carbocycles. The van der Waals surface area contributed by atoms with Crippen molar-refractivity contribution in [3.05, 3.63) is 72.9 Å². The first-order chi connectivity index (χ1) is 23.3. The number of aliphatic hydroxyl groups is 3. The maximum atomic E-state index is 12.1. The molecule has 0 rings (SSSR count). The fourth-order valence-corrected chi connectivity index (χ4v) is 4.76. The molecule has 0 aliphatic heterocycles. The molecule has 0 amide bonds. The van der Waals surface area contributed by atoms with Crippen LogP contribution in [0.15, 0.2) is 72.9 Å². The summed E-state index contributed by atoms with van der Waals surface area (Å²) in [6, 6.07) is 0.